The minimum atomic E-state index is -1.27. The van der Waals surface area contributed by atoms with Gasteiger partial charge in [-0.15, -0.1) is 0 Å². The average Bonchev–Trinajstić information content (AvgIpc) is 3.25. The van der Waals surface area contributed by atoms with Crippen molar-refractivity contribution < 1.29 is 19.1 Å². The molecule has 132 valence electrons. The number of carboxylic acid groups (broad SMARTS) is 1. The van der Waals surface area contributed by atoms with Crippen molar-refractivity contribution in [2.24, 2.45) is 5.92 Å². The highest BCUT2D eigenvalue weighted by atomic mass is 19.1. The summed E-state index contributed by atoms with van der Waals surface area (Å²) in [5, 5.41) is 13.3. The molecule has 0 bridgehead atoms. The molecule has 1 saturated heterocycles. The van der Waals surface area contributed by atoms with E-state index in [2.05, 4.69) is 5.10 Å². The van der Waals surface area contributed by atoms with Crippen LogP contribution in [0.3, 0.4) is 0 Å². The third-order valence-electron chi connectivity index (χ3n) is 4.54. The second kappa shape index (κ2) is 7.04. The van der Waals surface area contributed by atoms with E-state index in [0.29, 0.717) is 31.7 Å². The average molecular weight is 345 g/mol. The van der Waals surface area contributed by atoms with Crippen LogP contribution in [0.5, 0.6) is 0 Å². The molecule has 1 aromatic heterocycles. The molecule has 1 aliphatic heterocycles. The van der Waals surface area contributed by atoms with E-state index in [9.17, 15) is 14.0 Å². The lowest BCUT2D eigenvalue weighted by molar-refractivity contribution is 0.0691. The fraction of sp³-hybridized carbons (Fsp3) is 0.389. The molecule has 1 aromatic carbocycles. The fourth-order valence-corrected chi connectivity index (χ4v) is 3.19. The first kappa shape index (κ1) is 17.1. The van der Waals surface area contributed by atoms with Gasteiger partial charge in [0.25, 0.3) is 5.91 Å². The topological polar surface area (TPSA) is 75.4 Å². The van der Waals surface area contributed by atoms with E-state index in [4.69, 9.17) is 5.11 Å². The molecule has 1 atom stereocenters. The standard InChI is InChI=1S/C18H20FN3O3/c1-2-22-8-6-16(20-22)17(23)21-7-5-13(11-21)9-12-3-4-15(19)14(10-12)18(24)25/h3-4,6,8,10,13H,2,5,7,9,11H2,1H3,(H,24,25). The zero-order valence-corrected chi connectivity index (χ0v) is 14.0. The molecule has 1 aliphatic rings. The minimum Gasteiger partial charge on any atom is -0.478 e. The van der Waals surface area contributed by atoms with Crippen molar-refractivity contribution in [1.82, 2.24) is 14.7 Å². The first-order valence-corrected chi connectivity index (χ1v) is 8.32. The van der Waals surface area contributed by atoms with Gasteiger partial charge in [-0.2, -0.15) is 5.10 Å². The number of halogens is 1. The predicted octanol–water partition coefficient (Wildman–Crippen LogP) is 2.45. The Morgan fingerprint density at radius 1 is 1.36 bits per heavy atom. The van der Waals surface area contributed by atoms with Crippen LogP contribution in [0.4, 0.5) is 4.39 Å². The second-order valence-corrected chi connectivity index (χ2v) is 6.29. The molecule has 0 radical (unpaired) electrons. The smallest absolute Gasteiger partial charge is 0.338 e. The van der Waals surface area contributed by atoms with Gasteiger partial charge in [-0.05, 0) is 49.4 Å². The summed E-state index contributed by atoms with van der Waals surface area (Å²) in [6.45, 7) is 3.92. The Bertz CT molecular complexity index is 803. The van der Waals surface area contributed by atoms with E-state index in [1.807, 2.05) is 6.92 Å². The van der Waals surface area contributed by atoms with Gasteiger partial charge in [-0.25, -0.2) is 9.18 Å². The van der Waals surface area contributed by atoms with E-state index in [1.54, 1.807) is 27.9 Å². The summed E-state index contributed by atoms with van der Waals surface area (Å²) in [4.78, 5) is 25.3. The number of rotatable bonds is 5. The number of carboxylic acids is 1. The van der Waals surface area contributed by atoms with Gasteiger partial charge in [0, 0.05) is 25.8 Å². The number of aromatic carboxylic acids is 1. The van der Waals surface area contributed by atoms with Crippen LogP contribution in [0.1, 0.15) is 39.8 Å². The summed E-state index contributed by atoms with van der Waals surface area (Å²) in [5.74, 6) is -1.86. The summed E-state index contributed by atoms with van der Waals surface area (Å²) >= 11 is 0. The van der Waals surface area contributed by atoms with E-state index in [0.717, 1.165) is 12.0 Å². The van der Waals surface area contributed by atoms with Crippen LogP contribution < -0.4 is 0 Å². The van der Waals surface area contributed by atoms with Crippen LogP contribution in [-0.2, 0) is 13.0 Å². The molecule has 1 amide bonds. The Balaban J connectivity index is 1.64. The number of hydrogen-bond donors (Lipinski definition) is 1. The number of hydrogen-bond acceptors (Lipinski definition) is 3. The molecule has 3 rings (SSSR count). The van der Waals surface area contributed by atoms with Gasteiger partial charge in [0.1, 0.15) is 11.5 Å². The van der Waals surface area contributed by atoms with Crippen LogP contribution in [0.15, 0.2) is 30.5 Å². The van der Waals surface area contributed by atoms with E-state index < -0.39 is 11.8 Å². The quantitative estimate of drug-likeness (QED) is 0.903. The number of carbonyl (C=O) groups is 2. The number of aryl methyl sites for hydroxylation is 1. The van der Waals surface area contributed by atoms with Crippen molar-refractivity contribution in [3.63, 3.8) is 0 Å². The van der Waals surface area contributed by atoms with Crippen LogP contribution >= 0.6 is 0 Å². The molecule has 1 fully saturated rings. The van der Waals surface area contributed by atoms with Gasteiger partial charge in [-0.1, -0.05) is 6.07 Å². The monoisotopic (exact) mass is 345 g/mol. The number of benzene rings is 1. The third kappa shape index (κ3) is 3.70. The largest absolute Gasteiger partial charge is 0.478 e. The lowest BCUT2D eigenvalue weighted by Gasteiger charge is -2.15. The van der Waals surface area contributed by atoms with E-state index in [-0.39, 0.29) is 17.4 Å². The number of carbonyl (C=O) groups excluding carboxylic acids is 1. The van der Waals surface area contributed by atoms with Crippen molar-refractivity contribution in [3.05, 3.63) is 53.1 Å². The van der Waals surface area contributed by atoms with Crippen LogP contribution in [0, 0.1) is 11.7 Å². The normalized spacial score (nSPS) is 17.0. The molecule has 0 aliphatic carbocycles. The molecule has 2 heterocycles. The molecule has 2 aromatic rings. The maximum Gasteiger partial charge on any atom is 0.338 e. The van der Waals surface area contributed by atoms with Gasteiger partial charge >= 0.3 is 5.97 Å². The van der Waals surface area contributed by atoms with Crippen LogP contribution in [0.25, 0.3) is 0 Å². The second-order valence-electron chi connectivity index (χ2n) is 6.29. The summed E-state index contributed by atoms with van der Waals surface area (Å²) in [5.41, 5.74) is 0.902. The maximum atomic E-state index is 13.5. The third-order valence-corrected chi connectivity index (χ3v) is 4.54. The molecule has 0 saturated carbocycles. The molecular weight excluding hydrogens is 325 g/mol. The zero-order chi connectivity index (χ0) is 18.0. The number of aromatic nitrogens is 2. The Kier molecular flexibility index (Phi) is 4.83. The summed E-state index contributed by atoms with van der Waals surface area (Å²) < 4.78 is 15.2. The highest BCUT2D eigenvalue weighted by Crippen LogP contribution is 2.23. The first-order chi connectivity index (χ1) is 12.0. The van der Waals surface area contributed by atoms with Gasteiger partial charge < -0.3 is 10.0 Å². The van der Waals surface area contributed by atoms with Crippen LogP contribution in [-0.4, -0.2) is 44.8 Å². The lowest BCUT2D eigenvalue weighted by Crippen LogP contribution is -2.29. The van der Waals surface area contributed by atoms with Crippen molar-refractivity contribution in [2.45, 2.75) is 26.3 Å². The lowest BCUT2D eigenvalue weighted by atomic mass is 9.97. The predicted molar refractivity (Wildman–Crippen MR) is 89.0 cm³/mol. The molecule has 7 heteroatoms. The SMILES string of the molecule is CCn1ccc(C(=O)N2CCC(Cc3ccc(F)c(C(=O)O)c3)C2)n1. The summed E-state index contributed by atoms with van der Waals surface area (Å²) in [6.07, 6.45) is 3.24. The summed E-state index contributed by atoms with van der Waals surface area (Å²) in [6, 6.07) is 5.90. The molecular formula is C18H20FN3O3. The zero-order valence-electron chi connectivity index (χ0n) is 14.0. The molecule has 1 N–H and O–H groups in total. The van der Waals surface area contributed by atoms with Crippen molar-refractivity contribution in [1.29, 1.82) is 0 Å². The summed E-state index contributed by atoms with van der Waals surface area (Å²) in [7, 11) is 0. The highest BCUT2D eigenvalue weighted by Gasteiger charge is 2.28. The molecule has 1 unspecified atom stereocenters. The Morgan fingerprint density at radius 3 is 2.84 bits per heavy atom. The van der Waals surface area contributed by atoms with Gasteiger partial charge in [-0.3, -0.25) is 9.48 Å². The Morgan fingerprint density at radius 2 is 2.16 bits per heavy atom. The van der Waals surface area contributed by atoms with Crippen molar-refractivity contribution >= 4 is 11.9 Å². The highest BCUT2D eigenvalue weighted by molar-refractivity contribution is 5.92. The van der Waals surface area contributed by atoms with Gasteiger partial charge in [0.15, 0.2) is 0 Å². The fourth-order valence-electron chi connectivity index (χ4n) is 3.19. The number of amides is 1. The maximum absolute atomic E-state index is 13.5. The minimum absolute atomic E-state index is 0.0833. The Hall–Kier alpha value is -2.70. The Labute approximate surface area is 144 Å². The van der Waals surface area contributed by atoms with Gasteiger partial charge in [0.05, 0.1) is 5.56 Å². The molecule has 0 spiro atoms. The number of likely N-dealkylation sites (tertiary alicyclic amines) is 1. The molecule has 6 nitrogen and oxygen atoms in total. The van der Waals surface area contributed by atoms with E-state index in [1.165, 1.54) is 12.1 Å². The number of nitrogens with zero attached hydrogens (tertiary/aromatic N) is 3. The van der Waals surface area contributed by atoms with Crippen LogP contribution in [0.2, 0.25) is 0 Å². The van der Waals surface area contributed by atoms with E-state index >= 15 is 0 Å². The van der Waals surface area contributed by atoms with Crippen molar-refractivity contribution in [3.8, 4) is 0 Å². The van der Waals surface area contributed by atoms with Crippen molar-refractivity contribution in [2.75, 3.05) is 13.1 Å². The molecule has 25 heavy (non-hydrogen) atoms. The van der Waals surface area contributed by atoms with Gasteiger partial charge in [0.2, 0.25) is 0 Å². The first-order valence-electron chi connectivity index (χ1n) is 8.32.